The highest BCUT2D eigenvalue weighted by Gasteiger charge is 2.35. The Hall–Kier alpha value is -4.34. The van der Waals surface area contributed by atoms with E-state index in [4.69, 9.17) is 9.26 Å². The number of para-hydroxylation sites is 1. The van der Waals surface area contributed by atoms with Crippen molar-refractivity contribution in [1.29, 1.82) is 0 Å². The first-order valence-electron chi connectivity index (χ1n) is 10.1. The number of benzene rings is 3. The van der Waals surface area contributed by atoms with Gasteiger partial charge in [0.05, 0.1) is 5.56 Å². The van der Waals surface area contributed by atoms with E-state index in [9.17, 15) is 23.1 Å². The monoisotopic (exact) mass is 469 g/mol. The first-order chi connectivity index (χ1) is 16.2. The quantitative estimate of drug-likeness (QED) is 0.388. The van der Waals surface area contributed by atoms with Crippen LogP contribution in [-0.4, -0.2) is 21.2 Å². The molecule has 0 unspecified atom stereocenters. The van der Waals surface area contributed by atoms with Crippen LogP contribution < -0.4 is 10.1 Å². The number of nitrogens with one attached hydrogen (secondary N) is 1. The first kappa shape index (κ1) is 22.8. The lowest BCUT2D eigenvalue weighted by Crippen LogP contribution is -2.23. The Kier molecular flexibility index (Phi) is 6.22. The number of phenolic OH excluding ortho intramolecular Hbond substituents is 1. The van der Waals surface area contributed by atoms with Crippen molar-refractivity contribution in [2.45, 2.75) is 19.6 Å². The van der Waals surface area contributed by atoms with E-state index in [2.05, 4.69) is 15.5 Å². The number of amides is 1. The highest BCUT2D eigenvalue weighted by atomic mass is 19.4. The number of phenols is 1. The van der Waals surface area contributed by atoms with Crippen LogP contribution in [0.5, 0.6) is 17.2 Å². The second kappa shape index (κ2) is 9.26. The molecule has 1 amide bonds. The minimum atomic E-state index is -4.77. The van der Waals surface area contributed by atoms with Gasteiger partial charge >= 0.3 is 18.0 Å². The van der Waals surface area contributed by atoms with Crippen molar-refractivity contribution < 1.29 is 32.3 Å². The van der Waals surface area contributed by atoms with Crippen LogP contribution in [0.1, 0.15) is 27.4 Å². The Labute approximate surface area is 191 Å². The molecule has 10 heteroatoms. The number of aromatic hydroxyl groups is 1. The molecule has 3 aromatic carbocycles. The molecule has 4 rings (SSSR count). The molecule has 2 N–H and O–H groups in total. The van der Waals surface area contributed by atoms with Gasteiger partial charge in [0.1, 0.15) is 17.2 Å². The number of alkyl halides is 3. The van der Waals surface area contributed by atoms with Crippen molar-refractivity contribution in [3.05, 3.63) is 89.3 Å². The van der Waals surface area contributed by atoms with E-state index in [0.29, 0.717) is 17.6 Å². The standard InChI is InChI=1S/C24H18F3N3O4/c1-14-11-16(12-19(20(14)31)24(25,26)27)21-29-23(34-30-21)22(32)28-13-15-7-9-18(10-8-15)33-17-5-3-2-4-6-17/h2-12,31H,13H2,1H3,(H,28,32). The van der Waals surface area contributed by atoms with Gasteiger partial charge in [0, 0.05) is 12.1 Å². The summed E-state index contributed by atoms with van der Waals surface area (Å²) in [6, 6.07) is 18.3. The Morgan fingerprint density at radius 1 is 1.06 bits per heavy atom. The summed E-state index contributed by atoms with van der Waals surface area (Å²) >= 11 is 0. The van der Waals surface area contributed by atoms with Gasteiger partial charge in [0.15, 0.2) is 0 Å². The second-order valence-corrected chi connectivity index (χ2v) is 7.35. The van der Waals surface area contributed by atoms with Crippen molar-refractivity contribution in [2.75, 3.05) is 0 Å². The van der Waals surface area contributed by atoms with Crippen LogP contribution >= 0.6 is 0 Å². The lowest BCUT2D eigenvalue weighted by molar-refractivity contribution is -0.138. The molecule has 0 aliphatic carbocycles. The number of nitrogens with zero attached hydrogens (tertiary/aromatic N) is 2. The summed E-state index contributed by atoms with van der Waals surface area (Å²) in [5, 5.41) is 15.9. The Balaban J connectivity index is 1.41. The Morgan fingerprint density at radius 3 is 2.41 bits per heavy atom. The maximum Gasteiger partial charge on any atom is 0.419 e. The predicted octanol–water partition coefficient (Wildman–Crippen LogP) is 5.49. The zero-order valence-corrected chi connectivity index (χ0v) is 17.8. The van der Waals surface area contributed by atoms with Crippen LogP contribution in [0.2, 0.25) is 0 Å². The van der Waals surface area contributed by atoms with E-state index in [1.165, 1.54) is 13.0 Å². The van der Waals surface area contributed by atoms with E-state index in [1.54, 1.807) is 24.3 Å². The summed E-state index contributed by atoms with van der Waals surface area (Å²) in [6.07, 6.45) is -4.77. The number of carbonyl (C=O) groups excluding carboxylic acids is 1. The molecular weight excluding hydrogens is 451 g/mol. The fraction of sp³-hybridized carbons (Fsp3) is 0.125. The minimum Gasteiger partial charge on any atom is -0.507 e. The molecule has 34 heavy (non-hydrogen) atoms. The van der Waals surface area contributed by atoms with E-state index in [1.807, 2.05) is 30.3 Å². The number of ether oxygens (including phenoxy) is 1. The van der Waals surface area contributed by atoms with Gasteiger partial charge in [-0.1, -0.05) is 35.5 Å². The van der Waals surface area contributed by atoms with Crippen LogP contribution in [0.25, 0.3) is 11.4 Å². The number of rotatable bonds is 6. The SMILES string of the molecule is Cc1cc(-c2noc(C(=O)NCc3ccc(Oc4ccccc4)cc3)n2)cc(C(F)(F)F)c1O. The van der Waals surface area contributed by atoms with Crippen molar-refractivity contribution in [2.24, 2.45) is 0 Å². The Bertz CT molecular complexity index is 1300. The number of hydrogen-bond donors (Lipinski definition) is 2. The highest BCUT2D eigenvalue weighted by Crippen LogP contribution is 2.39. The van der Waals surface area contributed by atoms with Gasteiger partial charge < -0.3 is 19.7 Å². The number of hydrogen-bond acceptors (Lipinski definition) is 6. The summed E-state index contributed by atoms with van der Waals surface area (Å²) in [7, 11) is 0. The van der Waals surface area contributed by atoms with E-state index in [-0.39, 0.29) is 23.5 Å². The third-order valence-electron chi connectivity index (χ3n) is 4.84. The third kappa shape index (κ3) is 5.17. The summed E-state index contributed by atoms with van der Waals surface area (Å²) in [4.78, 5) is 16.3. The Morgan fingerprint density at radius 2 is 1.74 bits per heavy atom. The van der Waals surface area contributed by atoms with E-state index < -0.39 is 29.3 Å². The van der Waals surface area contributed by atoms with Crippen LogP contribution in [-0.2, 0) is 12.7 Å². The zero-order valence-electron chi connectivity index (χ0n) is 17.8. The van der Waals surface area contributed by atoms with Crippen LogP contribution in [0.4, 0.5) is 13.2 Å². The molecule has 0 fully saturated rings. The van der Waals surface area contributed by atoms with Crippen molar-refractivity contribution >= 4 is 5.91 Å². The van der Waals surface area contributed by atoms with Crippen LogP contribution in [0.15, 0.2) is 71.3 Å². The average molecular weight is 469 g/mol. The number of carbonyl (C=O) groups is 1. The van der Waals surface area contributed by atoms with Crippen molar-refractivity contribution in [1.82, 2.24) is 15.5 Å². The molecule has 174 valence electrons. The second-order valence-electron chi connectivity index (χ2n) is 7.35. The number of aromatic nitrogens is 2. The molecule has 4 aromatic rings. The van der Waals surface area contributed by atoms with Gasteiger partial charge in [-0.2, -0.15) is 18.2 Å². The molecule has 0 aliphatic rings. The van der Waals surface area contributed by atoms with Gasteiger partial charge in [0.25, 0.3) is 0 Å². The fourth-order valence-electron chi connectivity index (χ4n) is 3.12. The average Bonchev–Trinajstić information content (AvgIpc) is 3.30. The number of aryl methyl sites for hydroxylation is 1. The maximum absolute atomic E-state index is 13.2. The zero-order chi connectivity index (χ0) is 24.3. The van der Waals surface area contributed by atoms with Crippen LogP contribution in [0.3, 0.4) is 0 Å². The molecule has 0 saturated heterocycles. The molecule has 0 atom stereocenters. The maximum atomic E-state index is 13.2. The summed E-state index contributed by atoms with van der Waals surface area (Å²) in [6.45, 7) is 1.47. The third-order valence-corrected chi connectivity index (χ3v) is 4.84. The number of halogens is 3. The van der Waals surface area contributed by atoms with Crippen molar-refractivity contribution in [3.63, 3.8) is 0 Å². The lowest BCUT2D eigenvalue weighted by atomic mass is 10.0. The molecule has 0 spiro atoms. The summed E-state index contributed by atoms with van der Waals surface area (Å²) in [5.41, 5.74) is -0.504. The van der Waals surface area contributed by atoms with Gasteiger partial charge in [-0.25, -0.2) is 0 Å². The lowest BCUT2D eigenvalue weighted by Gasteiger charge is -2.12. The molecule has 7 nitrogen and oxygen atoms in total. The largest absolute Gasteiger partial charge is 0.507 e. The fourth-order valence-corrected chi connectivity index (χ4v) is 3.12. The summed E-state index contributed by atoms with van der Waals surface area (Å²) in [5.74, 6) is -0.848. The minimum absolute atomic E-state index is 0.0136. The molecule has 1 heterocycles. The summed E-state index contributed by atoms with van der Waals surface area (Å²) < 4.78 is 50.1. The molecule has 0 radical (unpaired) electrons. The molecular formula is C24H18F3N3O4. The highest BCUT2D eigenvalue weighted by molar-refractivity contribution is 5.89. The van der Waals surface area contributed by atoms with Gasteiger partial charge in [-0.05, 0) is 54.4 Å². The smallest absolute Gasteiger partial charge is 0.419 e. The van der Waals surface area contributed by atoms with Gasteiger partial charge in [0.2, 0.25) is 5.82 Å². The normalized spacial score (nSPS) is 11.3. The predicted molar refractivity (Wildman–Crippen MR) is 115 cm³/mol. The molecule has 0 aliphatic heterocycles. The molecule has 0 bridgehead atoms. The van der Waals surface area contributed by atoms with Gasteiger partial charge in [-0.15, -0.1) is 0 Å². The first-order valence-corrected chi connectivity index (χ1v) is 10.1. The molecule has 0 saturated carbocycles. The molecule has 1 aromatic heterocycles. The van der Waals surface area contributed by atoms with E-state index in [0.717, 1.165) is 5.56 Å². The van der Waals surface area contributed by atoms with E-state index >= 15 is 0 Å². The van der Waals surface area contributed by atoms with Gasteiger partial charge in [-0.3, -0.25) is 4.79 Å². The topological polar surface area (TPSA) is 97.5 Å². The van der Waals surface area contributed by atoms with Crippen LogP contribution in [0, 0.1) is 6.92 Å². The van der Waals surface area contributed by atoms with Crippen molar-refractivity contribution in [3.8, 4) is 28.6 Å².